The molecular formula is C15H19BrF3N. The highest BCUT2D eigenvalue weighted by atomic mass is 79.9. The average molecular weight is 350 g/mol. The number of rotatable bonds is 3. The normalized spacial score (nSPS) is 25.4. The van der Waals surface area contributed by atoms with Crippen LogP contribution >= 0.6 is 15.9 Å². The van der Waals surface area contributed by atoms with Crippen molar-refractivity contribution in [1.82, 2.24) is 4.98 Å². The Morgan fingerprint density at radius 2 is 1.90 bits per heavy atom. The summed E-state index contributed by atoms with van der Waals surface area (Å²) < 4.78 is 37.9. The molecule has 1 aromatic heterocycles. The first-order chi connectivity index (χ1) is 9.36. The van der Waals surface area contributed by atoms with Gasteiger partial charge in [0.25, 0.3) is 0 Å². The van der Waals surface area contributed by atoms with E-state index in [1.54, 1.807) is 0 Å². The molecule has 0 spiro atoms. The summed E-state index contributed by atoms with van der Waals surface area (Å²) in [5.74, 6) is -0.785. The number of aryl methyl sites for hydroxylation is 1. The zero-order valence-corrected chi connectivity index (χ0v) is 13.0. The van der Waals surface area contributed by atoms with E-state index in [0.717, 1.165) is 17.7 Å². The van der Waals surface area contributed by atoms with E-state index in [0.29, 0.717) is 18.8 Å². The van der Waals surface area contributed by atoms with Gasteiger partial charge < -0.3 is 0 Å². The van der Waals surface area contributed by atoms with Gasteiger partial charge in [-0.2, -0.15) is 13.2 Å². The molecular weight excluding hydrogens is 331 g/mol. The van der Waals surface area contributed by atoms with Crippen LogP contribution in [0, 0.1) is 18.8 Å². The molecule has 1 nitrogen and oxygen atoms in total. The van der Waals surface area contributed by atoms with Crippen LogP contribution in [0.1, 0.15) is 36.9 Å². The van der Waals surface area contributed by atoms with Gasteiger partial charge in [-0.25, -0.2) is 0 Å². The summed E-state index contributed by atoms with van der Waals surface area (Å²) in [5.41, 5.74) is 2.11. The molecule has 20 heavy (non-hydrogen) atoms. The van der Waals surface area contributed by atoms with E-state index < -0.39 is 12.1 Å². The summed E-state index contributed by atoms with van der Waals surface area (Å²) in [6.07, 6.45) is 0.398. The highest BCUT2D eigenvalue weighted by Gasteiger charge is 2.42. The third-order valence-corrected chi connectivity index (χ3v) is 5.19. The second-order valence-electron chi connectivity index (χ2n) is 5.70. The largest absolute Gasteiger partial charge is 0.391 e. The zero-order valence-electron chi connectivity index (χ0n) is 11.5. The first-order valence-electron chi connectivity index (χ1n) is 6.98. The van der Waals surface area contributed by atoms with Crippen LogP contribution in [0.5, 0.6) is 0 Å². The Bertz CT molecular complexity index is 422. The Morgan fingerprint density at radius 3 is 2.40 bits per heavy atom. The highest BCUT2D eigenvalue weighted by Crippen LogP contribution is 2.41. The van der Waals surface area contributed by atoms with E-state index >= 15 is 0 Å². The van der Waals surface area contributed by atoms with Crippen molar-refractivity contribution in [2.24, 2.45) is 11.8 Å². The number of pyridine rings is 1. The molecule has 1 unspecified atom stereocenters. The van der Waals surface area contributed by atoms with Gasteiger partial charge in [0.1, 0.15) is 0 Å². The van der Waals surface area contributed by atoms with Crippen molar-refractivity contribution in [2.75, 3.05) is 0 Å². The number of halogens is 4. The van der Waals surface area contributed by atoms with E-state index in [-0.39, 0.29) is 17.7 Å². The second kappa shape index (κ2) is 6.46. The topological polar surface area (TPSA) is 12.9 Å². The Labute approximate surface area is 126 Å². The van der Waals surface area contributed by atoms with Crippen LogP contribution in [0.4, 0.5) is 13.2 Å². The number of alkyl halides is 4. The van der Waals surface area contributed by atoms with E-state index in [2.05, 4.69) is 20.9 Å². The summed E-state index contributed by atoms with van der Waals surface area (Å²) in [7, 11) is 0. The molecule has 1 aliphatic rings. The monoisotopic (exact) mass is 349 g/mol. The lowest BCUT2D eigenvalue weighted by Crippen LogP contribution is -2.31. The van der Waals surface area contributed by atoms with Crippen LogP contribution in [0.2, 0.25) is 0 Å². The second-order valence-corrected chi connectivity index (χ2v) is 6.88. The quantitative estimate of drug-likeness (QED) is 0.694. The van der Waals surface area contributed by atoms with Gasteiger partial charge >= 0.3 is 6.18 Å². The molecule has 1 heterocycles. The minimum Gasteiger partial charge on any atom is -0.261 e. The molecule has 0 aliphatic heterocycles. The highest BCUT2D eigenvalue weighted by molar-refractivity contribution is 9.09. The van der Waals surface area contributed by atoms with Crippen LogP contribution in [-0.4, -0.2) is 16.0 Å². The summed E-state index contributed by atoms with van der Waals surface area (Å²) >= 11 is 3.64. The maximum atomic E-state index is 12.6. The van der Waals surface area contributed by atoms with Crippen molar-refractivity contribution in [3.05, 3.63) is 29.6 Å². The fourth-order valence-electron chi connectivity index (χ4n) is 2.79. The number of hydrogen-bond donors (Lipinski definition) is 0. The van der Waals surface area contributed by atoms with Crippen molar-refractivity contribution in [3.8, 4) is 0 Å². The first kappa shape index (κ1) is 15.8. The van der Waals surface area contributed by atoms with Crippen molar-refractivity contribution in [2.45, 2.75) is 50.0 Å². The van der Waals surface area contributed by atoms with Gasteiger partial charge in [0.15, 0.2) is 0 Å². The lowest BCUT2D eigenvalue weighted by molar-refractivity contribution is -0.183. The third-order valence-electron chi connectivity index (χ3n) is 4.12. The Hall–Kier alpha value is -0.580. The number of aromatic nitrogens is 1. The van der Waals surface area contributed by atoms with Crippen LogP contribution in [0.25, 0.3) is 0 Å². The van der Waals surface area contributed by atoms with Gasteiger partial charge in [0, 0.05) is 23.1 Å². The molecule has 2 rings (SSSR count). The lowest BCUT2D eigenvalue weighted by Gasteiger charge is -2.32. The van der Waals surface area contributed by atoms with Gasteiger partial charge in [-0.15, -0.1) is 0 Å². The predicted octanol–water partition coefficient (Wildman–Crippen LogP) is 5.06. The smallest absolute Gasteiger partial charge is 0.261 e. The van der Waals surface area contributed by atoms with E-state index in [1.165, 1.54) is 0 Å². The fraction of sp³-hybridized carbons (Fsp3) is 0.667. The van der Waals surface area contributed by atoms with Gasteiger partial charge in [0.05, 0.1) is 5.92 Å². The third kappa shape index (κ3) is 4.21. The zero-order chi connectivity index (χ0) is 14.8. The molecule has 0 amide bonds. The molecule has 0 saturated heterocycles. The molecule has 112 valence electrons. The summed E-state index contributed by atoms with van der Waals surface area (Å²) in [5, 5.41) is 0. The van der Waals surface area contributed by atoms with E-state index in [1.807, 2.05) is 25.3 Å². The lowest BCUT2D eigenvalue weighted by atomic mass is 9.79. The Kier molecular flexibility index (Phi) is 5.10. The Morgan fingerprint density at radius 1 is 1.25 bits per heavy atom. The van der Waals surface area contributed by atoms with Crippen LogP contribution in [0.3, 0.4) is 0 Å². The van der Waals surface area contributed by atoms with E-state index in [9.17, 15) is 13.2 Å². The van der Waals surface area contributed by atoms with Crippen molar-refractivity contribution < 1.29 is 13.2 Å². The summed E-state index contributed by atoms with van der Waals surface area (Å²) in [6.45, 7) is 1.99. The molecule has 0 aromatic carbocycles. The van der Waals surface area contributed by atoms with Gasteiger partial charge in [-0.05, 0) is 50.2 Å². The SMILES string of the molecule is Cc1ccc(CC(Br)C2CCC(C(F)(F)F)CC2)nc1. The van der Waals surface area contributed by atoms with Crippen molar-refractivity contribution in [1.29, 1.82) is 0 Å². The van der Waals surface area contributed by atoms with Crippen LogP contribution in [-0.2, 0) is 6.42 Å². The molecule has 1 aromatic rings. The standard InChI is InChI=1S/C15H19BrF3N/c1-10-2-7-13(20-9-10)8-14(16)11-3-5-12(6-4-11)15(17,18)19/h2,7,9,11-12,14H,3-6,8H2,1H3. The Balaban J connectivity index is 1.85. The molecule has 1 aliphatic carbocycles. The number of hydrogen-bond acceptors (Lipinski definition) is 1. The minimum absolute atomic E-state index is 0.215. The number of nitrogens with zero attached hydrogens (tertiary/aromatic N) is 1. The molecule has 1 saturated carbocycles. The molecule has 0 radical (unpaired) electrons. The molecule has 0 bridgehead atoms. The van der Waals surface area contributed by atoms with Gasteiger partial charge in [-0.1, -0.05) is 22.0 Å². The van der Waals surface area contributed by atoms with Crippen molar-refractivity contribution in [3.63, 3.8) is 0 Å². The molecule has 1 fully saturated rings. The maximum absolute atomic E-state index is 12.6. The maximum Gasteiger partial charge on any atom is 0.391 e. The molecule has 5 heteroatoms. The van der Waals surface area contributed by atoms with Crippen LogP contribution < -0.4 is 0 Å². The van der Waals surface area contributed by atoms with E-state index in [4.69, 9.17) is 0 Å². The summed E-state index contributed by atoms with van der Waals surface area (Å²) in [4.78, 5) is 4.57. The predicted molar refractivity (Wildman–Crippen MR) is 76.9 cm³/mol. The fourth-order valence-corrected chi connectivity index (χ4v) is 3.65. The van der Waals surface area contributed by atoms with Gasteiger partial charge in [0.2, 0.25) is 0 Å². The first-order valence-corrected chi connectivity index (χ1v) is 7.90. The van der Waals surface area contributed by atoms with Gasteiger partial charge in [-0.3, -0.25) is 4.98 Å². The molecule has 0 N–H and O–H groups in total. The average Bonchev–Trinajstić information content (AvgIpc) is 2.40. The van der Waals surface area contributed by atoms with Crippen LogP contribution in [0.15, 0.2) is 18.3 Å². The summed E-state index contributed by atoms with van der Waals surface area (Å²) in [6, 6.07) is 4.01. The van der Waals surface area contributed by atoms with Crippen molar-refractivity contribution >= 4 is 15.9 Å². The molecule has 1 atom stereocenters. The minimum atomic E-state index is -4.02.